The highest BCUT2D eigenvalue weighted by Crippen LogP contribution is 2.44. The second-order valence-electron chi connectivity index (χ2n) is 11.7. The summed E-state index contributed by atoms with van der Waals surface area (Å²) >= 11 is 0. The van der Waals surface area contributed by atoms with Crippen LogP contribution in [-0.2, 0) is 11.0 Å². The van der Waals surface area contributed by atoms with E-state index in [1.807, 2.05) is 16.6 Å². The molecule has 2 amide bonds. The number of halogens is 3. The van der Waals surface area contributed by atoms with Gasteiger partial charge in [0.2, 0.25) is 5.91 Å². The maximum absolute atomic E-state index is 13.7. The summed E-state index contributed by atoms with van der Waals surface area (Å²) in [5.41, 5.74) is 1.22. The molecule has 1 saturated carbocycles. The lowest BCUT2D eigenvalue weighted by Crippen LogP contribution is -2.47. The van der Waals surface area contributed by atoms with Crippen molar-refractivity contribution in [3.8, 4) is 0 Å². The van der Waals surface area contributed by atoms with Crippen LogP contribution in [-0.4, -0.2) is 82.1 Å². The molecule has 0 radical (unpaired) electrons. The first-order valence-corrected chi connectivity index (χ1v) is 14.2. The van der Waals surface area contributed by atoms with Gasteiger partial charge in [-0.1, -0.05) is 18.2 Å². The summed E-state index contributed by atoms with van der Waals surface area (Å²) in [6.45, 7) is 3.05. The number of likely N-dealkylation sites (tertiary alicyclic amines) is 3. The fourth-order valence-electron chi connectivity index (χ4n) is 6.84. The highest BCUT2D eigenvalue weighted by molar-refractivity contribution is 5.95. The molecule has 39 heavy (non-hydrogen) atoms. The van der Waals surface area contributed by atoms with Crippen molar-refractivity contribution in [3.05, 3.63) is 52.8 Å². The van der Waals surface area contributed by atoms with Gasteiger partial charge in [-0.15, -0.1) is 0 Å². The van der Waals surface area contributed by atoms with Gasteiger partial charge in [0, 0.05) is 38.0 Å². The topological polar surface area (TPSA) is 61.7 Å². The number of likely N-dealkylation sites (N-methyl/N-ethyl adjacent to an activating group) is 1. The Morgan fingerprint density at radius 3 is 2.28 bits per heavy atom. The van der Waals surface area contributed by atoms with E-state index in [1.54, 1.807) is 17.2 Å². The van der Waals surface area contributed by atoms with Crippen LogP contribution >= 0.6 is 0 Å². The lowest BCUT2D eigenvalue weighted by Gasteiger charge is -2.35. The van der Waals surface area contributed by atoms with E-state index >= 15 is 0 Å². The average Bonchev–Trinajstić information content (AvgIpc) is 3.30. The molecule has 3 aliphatic heterocycles. The molecule has 3 saturated heterocycles. The van der Waals surface area contributed by atoms with E-state index in [0.717, 1.165) is 56.8 Å². The molecule has 0 unspecified atom stereocenters. The van der Waals surface area contributed by atoms with E-state index < -0.39 is 11.7 Å². The van der Waals surface area contributed by atoms with Crippen molar-refractivity contribution < 1.29 is 22.8 Å². The molecular weight excluding hydrogens is 507 g/mol. The molecule has 10 heteroatoms. The molecule has 1 aromatic carbocycles. The molecule has 0 N–H and O–H groups in total. The third-order valence-corrected chi connectivity index (χ3v) is 9.14. The zero-order valence-electron chi connectivity index (χ0n) is 22.4. The van der Waals surface area contributed by atoms with Crippen LogP contribution in [0.25, 0.3) is 0 Å². The van der Waals surface area contributed by atoms with Crippen LogP contribution in [0.4, 0.5) is 13.2 Å². The van der Waals surface area contributed by atoms with E-state index in [1.165, 1.54) is 12.1 Å². The molecular formula is C29H36F3N5O2. The lowest BCUT2D eigenvalue weighted by atomic mass is 9.93. The number of hydrogen-bond donors (Lipinski definition) is 0. The second-order valence-corrected chi connectivity index (χ2v) is 11.7. The Morgan fingerprint density at radius 1 is 0.897 bits per heavy atom. The maximum Gasteiger partial charge on any atom is 0.416 e. The number of carbonyl (C=O) groups is 2. The molecule has 210 valence electrons. The van der Waals surface area contributed by atoms with Gasteiger partial charge in [0.05, 0.1) is 35.1 Å². The van der Waals surface area contributed by atoms with Crippen molar-refractivity contribution >= 4 is 11.8 Å². The van der Waals surface area contributed by atoms with Crippen LogP contribution in [0.2, 0.25) is 0 Å². The van der Waals surface area contributed by atoms with Gasteiger partial charge in [0.25, 0.3) is 5.91 Å². The molecule has 4 aliphatic rings. The van der Waals surface area contributed by atoms with Gasteiger partial charge in [-0.2, -0.15) is 18.3 Å². The van der Waals surface area contributed by atoms with Crippen molar-refractivity contribution in [2.24, 2.45) is 0 Å². The molecule has 0 spiro atoms. The predicted molar refractivity (Wildman–Crippen MR) is 139 cm³/mol. The summed E-state index contributed by atoms with van der Waals surface area (Å²) in [4.78, 5) is 32.5. The normalized spacial score (nSPS) is 25.0. The van der Waals surface area contributed by atoms with Crippen molar-refractivity contribution in [3.63, 3.8) is 0 Å². The Morgan fingerprint density at radius 2 is 1.62 bits per heavy atom. The minimum atomic E-state index is -4.42. The minimum absolute atomic E-state index is 0.00936. The SMILES string of the molecule is CN1CCC[C@H]1C(=O)N1CCC(n2ncc(C(=O)N3CC[C@@H](c4ccccc4C(F)(F)F)C3)c2C2CC2)CC1. The number of nitrogens with zero attached hydrogens (tertiary/aromatic N) is 5. The number of piperidine rings is 1. The number of alkyl halides is 3. The van der Waals surface area contributed by atoms with Gasteiger partial charge in [-0.05, 0) is 70.2 Å². The number of hydrogen-bond acceptors (Lipinski definition) is 4. The van der Waals surface area contributed by atoms with Crippen LogP contribution in [0.3, 0.4) is 0 Å². The van der Waals surface area contributed by atoms with Crippen molar-refractivity contribution in [2.45, 2.75) is 75.0 Å². The van der Waals surface area contributed by atoms with E-state index in [0.29, 0.717) is 37.5 Å². The maximum atomic E-state index is 13.7. The summed E-state index contributed by atoms with van der Waals surface area (Å²) in [7, 11) is 2.02. The van der Waals surface area contributed by atoms with Gasteiger partial charge in [0.1, 0.15) is 0 Å². The molecule has 4 heterocycles. The highest BCUT2D eigenvalue weighted by atomic mass is 19.4. The Labute approximate surface area is 226 Å². The fourth-order valence-corrected chi connectivity index (χ4v) is 6.84. The van der Waals surface area contributed by atoms with E-state index in [9.17, 15) is 22.8 Å². The summed E-state index contributed by atoms with van der Waals surface area (Å²) in [6, 6.07) is 5.84. The zero-order valence-corrected chi connectivity index (χ0v) is 22.4. The highest BCUT2D eigenvalue weighted by Gasteiger charge is 2.41. The number of benzene rings is 1. The van der Waals surface area contributed by atoms with Crippen molar-refractivity contribution in [1.82, 2.24) is 24.5 Å². The van der Waals surface area contributed by atoms with E-state index in [2.05, 4.69) is 10.00 Å². The van der Waals surface area contributed by atoms with Crippen molar-refractivity contribution in [2.75, 3.05) is 39.8 Å². The van der Waals surface area contributed by atoms with Crippen LogP contribution in [0.15, 0.2) is 30.5 Å². The summed E-state index contributed by atoms with van der Waals surface area (Å²) in [5.74, 6) is 0.0458. The van der Waals surface area contributed by atoms with E-state index in [-0.39, 0.29) is 41.9 Å². The number of carbonyl (C=O) groups excluding carboxylic acids is 2. The predicted octanol–water partition coefficient (Wildman–Crippen LogP) is 4.67. The van der Waals surface area contributed by atoms with Gasteiger partial charge in [-0.3, -0.25) is 19.2 Å². The van der Waals surface area contributed by atoms with Gasteiger partial charge in [-0.25, -0.2) is 0 Å². The third-order valence-electron chi connectivity index (χ3n) is 9.14. The zero-order chi connectivity index (χ0) is 27.3. The number of rotatable bonds is 5. The Balaban J connectivity index is 1.15. The first-order valence-electron chi connectivity index (χ1n) is 14.2. The van der Waals surface area contributed by atoms with Crippen molar-refractivity contribution in [1.29, 1.82) is 0 Å². The fraction of sp³-hybridized carbons (Fsp3) is 0.621. The molecule has 0 bridgehead atoms. The molecule has 4 fully saturated rings. The standard InChI is InChI=1S/C29H36F3N5O2/c1-34-13-4-7-25(34)28(39)35-15-11-21(12-16-35)37-26(19-8-9-19)23(17-33-37)27(38)36-14-10-20(18-36)22-5-2-3-6-24(22)29(30,31)32/h2-3,5-6,17,19-21,25H,4,7-16,18H2,1H3/t20-,25+/m1/s1. The van der Waals surface area contributed by atoms with Gasteiger partial charge in [0.15, 0.2) is 0 Å². The van der Waals surface area contributed by atoms with Gasteiger partial charge < -0.3 is 9.80 Å². The largest absolute Gasteiger partial charge is 0.416 e. The van der Waals surface area contributed by atoms with Crippen LogP contribution in [0.5, 0.6) is 0 Å². The number of aromatic nitrogens is 2. The van der Waals surface area contributed by atoms with Crippen LogP contribution in [0, 0.1) is 0 Å². The quantitative estimate of drug-likeness (QED) is 0.550. The smallest absolute Gasteiger partial charge is 0.341 e. The lowest BCUT2D eigenvalue weighted by molar-refractivity contribution is -0.138. The monoisotopic (exact) mass is 543 g/mol. The molecule has 7 nitrogen and oxygen atoms in total. The van der Waals surface area contributed by atoms with E-state index in [4.69, 9.17) is 0 Å². The summed E-state index contributed by atoms with van der Waals surface area (Å²) in [5, 5.41) is 4.69. The third kappa shape index (κ3) is 5.08. The molecule has 1 aliphatic carbocycles. The first kappa shape index (κ1) is 26.3. The second kappa shape index (κ2) is 10.3. The first-order chi connectivity index (χ1) is 18.7. The summed E-state index contributed by atoms with van der Waals surface area (Å²) < 4.78 is 42.8. The molecule has 1 aromatic heterocycles. The Kier molecular flexibility index (Phi) is 6.93. The number of amides is 2. The molecule has 2 atom stereocenters. The van der Waals surface area contributed by atoms with Crippen LogP contribution < -0.4 is 0 Å². The van der Waals surface area contributed by atoms with Crippen LogP contribution in [0.1, 0.15) is 90.0 Å². The average molecular weight is 544 g/mol. The van der Waals surface area contributed by atoms with Gasteiger partial charge >= 0.3 is 6.18 Å². The minimum Gasteiger partial charge on any atom is -0.341 e. The molecule has 2 aromatic rings. The summed E-state index contributed by atoms with van der Waals surface area (Å²) in [6.07, 6.45) is 3.37. The Bertz CT molecular complexity index is 1230. The molecule has 6 rings (SSSR count). The Hall–Kier alpha value is -2.88.